The molecule has 3 aliphatic carbocycles. The summed E-state index contributed by atoms with van der Waals surface area (Å²) in [6.07, 6.45) is 6.01. The first-order chi connectivity index (χ1) is 35.2. The van der Waals surface area contributed by atoms with Crippen LogP contribution in [-0.2, 0) is 23.7 Å². The van der Waals surface area contributed by atoms with Gasteiger partial charge in [0.15, 0.2) is 0 Å². The van der Waals surface area contributed by atoms with Gasteiger partial charge in [-0.1, -0.05) is 158 Å². The van der Waals surface area contributed by atoms with Gasteiger partial charge in [-0.05, 0) is 127 Å². The first-order valence-corrected chi connectivity index (χ1v) is 26.3. The number of aromatic nitrogens is 2. The minimum Gasteiger partial charge on any atom is -0.308 e. The van der Waals surface area contributed by atoms with E-state index in [0.717, 1.165) is 24.2 Å². The number of fused-ring (bicyclic) bond motifs is 18. The van der Waals surface area contributed by atoms with Crippen molar-refractivity contribution in [1.82, 2.24) is 9.97 Å². The van der Waals surface area contributed by atoms with Gasteiger partial charge in [-0.15, -0.1) is 22.7 Å². The maximum absolute atomic E-state index is 5.10. The Morgan fingerprint density at radius 3 is 1.79 bits per heavy atom. The van der Waals surface area contributed by atoms with Gasteiger partial charge in [0, 0.05) is 53.6 Å². The number of hydrogen-bond acceptors (Lipinski definition) is 5. The lowest BCUT2D eigenvalue weighted by atomic mass is 9.61. The van der Waals surface area contributed by atoms with Crippen molar-refractivity contribution in [3.8, 4) is 22.5 Å². The predicted octanol–water partition coefficient (Wildman–Crippen LogP) is 17.0. The van der Waals surface area contributed by atoms with Crippen molar-refractivity contribution in [2.24, 2.45) is 0 Å². The first kappa shape index (κ1) is 38.6. The number of thiophene rings is 2. The van der Waals surface area contributed by atoms with Gasteiger partial charge in [-0.3, -0.25) is 9.97 Å². The molecule has 0 saturated carbocycles. The quantitative estimate of drug-likeness (QED) is 0.177. The third-order valence-corrected chi connectivity index (χ3v) is 19.1. The summed E-state index contributed by atoms with van der Waals surface area (Å²) in [5.41, 5.74) is 20.1. The summed E-state index contributed by atoms with van der Waals surface area (Å²) in [6, 6.07) is 76.2. The van der Waals surface area contributed by atoms with E-state index in [1.165, 1.54) is 135 Å². The fourth-order valence-electron chi connectivity index (χ4n) is 14.0. The summed E-state index contributed by atoms with van der Waals surface area (Å²) in [5.74, 6) is 0. The van der Waals surface area contributed by atoms with Gasteiger partial charge >= 0.3 is 0 Å². The molecule has 4 aliphatic rings. The summed E-state index contributed by atoms with van der Waals surface area (Å²) in [4.78, 5) is 12.8. The zero-order chi connectivity index (χ0) is 46.2. The largest absolute Gasteiger partial charge is 0.308 e. The molecule has 3 nitrogen and oxygen atoms in total. The highest BCUT2D eigenvalue weighted by molar-refractivity contribution is 7.27. The van der Waals surface area contributed by atoms with Crippen LogP contribution >= 0.6 is 22.7 Å². The molecule has 330 valence electrons. The van der Waals surface area contributed by atoms with Crippen LogP contribution in [-0.4, -0.2) is 9.97 Å². The first-order valence-electron chi connectivity index (χ1n) is 24.7. The van der Waals surface area contributed by atoms with Crippen LogP contribution in [0.1, 0.15) is 55.6 Å². The van der Waals surface area contributed by atoms with Gasteiger partial charge in [0.2, 0.25) is 0 Å². The molecule has 71 heavy (non-hydrogen) atoms. The molecule has 0 atom stereocenters. The zero-order valence-electron chi connectivity index (χ0n) is 38.3. The van der Waals surface area contributed by atoms with Gasteiger partial charge in [-0.2, -0.15) is 0 Å². The molecular weight excluding hydrogens is 899 g/mol. The number of anilines is 3. The molecule has 1 aliphatic heterocycles. The summed E-state index contributed by atoms with van der Waals surface area (Å²) in [6.45, 7) is 0. The van der Waals surface area contributed by atoms with Crippen molar-refractivity contribution in [3.63, 3.8) is 0 Å². The van der Waals surface area contributed by atoms with Gasteiger partial charge in [0.05, 0.1) is 44.0 Å². The van der Waals surface area contributed by atoms with E-state index in [9.17, 15) is 0 Å². The van der Waals surface area contributed by atoms with E-state index in [0.29, 0.717) is 0 Å². The van der Waals surface area contributed by atoms with Gasteiger partial charge < -0.3 is 4.90 Å². The Morgan fingerprint density at radius 1 is 0.380 bits per heavy atom. The molecule has 13 aromatic rings. The van der Waals surface area contributed by atoms with E-state index in [2.05, 4.69) is 205 Å². The Labute approximate surface area is 417 Å². The molecule has 0 bridgehead atoms. The van der Waals surface area contributed by atoms with Crippen molar-refractivity contribution in [1.29, 1.82) is 0 Å². The third kappa shape index (κ3) is 4.66. The average Bonchev–Trinajstić information content (AvgIpc) is 4.22. The number of para-hydroxylation sites is 1. The van der Waals surface area contributed by atoms with Gasteiger partial charge in [0.25, 0.3) is 0 Å². The molecule has 9 aromatic carbocycles. The Bertz CT molecular complexity index is 4390. The molecule has 0 radical (unpaired) electrons. The molecule has 5 heteroatoms. The lowest BCUT2D eigenvalue weighted by Gasteiger charge is -2.46. The maximum atomic E-state index is 5.10. The number of pyridine rings is 2. The SMILES string of the molecule is c1ccc(C2(c3ccccc3)c3ccccc3N(c3cccc4c3sc3c5c(ccc34)C3(c4cccnc4-c4ncccc43)c3ccc4c6c(ccc-5c36)CC4)c3cc4sc5ccccc5c4cc32)cc1. The van der Waals surface area contributed by atoms with Crippen molar-refractivity contribution >= 4 is 90.9 Å². The number of aryl methyl sites for hydroxylation is 2. The topological polar surface area (TPSA) is 29.0 Å². The van der Waals surface area contributed by atoms with Crippen molar-refractivity contribution < 1.29 is 0 Å². The van der Waals surface area contributed by atoms with E-state index in [1.54, 1.807) is 0 Å². The number of rotatable bonds is 3. The van der Waals surface area contributed by atoms with Crippen LogP contribution in [0.5, 0.6) is 0 Å². The second-order valence-corrected chi connectivity index (χ2v) is 21.9. The van der Waals surface area contributed by atoms with E-state index < -0.39 is 10.8 Å². The number of benzene rings is 9. The fourth-order valence-corrected chi connectivity index (χ4v) is 16.5. The summed E-state index contributed by atoms with van der Waals surface area (Å²) in [7, 11) is 0. The number of nitrogens with zero attached hydrogens (tertiary/aromatic N) is 3. The highest BCUT2D eigenvalue weighted by Gasteiger charge is 2.53. The van der Waals surface area contributed by atoms with E-state index in [-0.39, 0.29) is 0 Å². The van der Waals surface area contributed by atoms with Gasteiger partial charge in [0.1, 0.15) is 0 Å². The summed E-state index contributed by atoms with van der Waals surface area (Å²) < 4.78 is 5.20. The molecule has 4 aromatic heterocycles. The van der Waals surface area contributed by atoms with E-state index in [1.807, 2.05) is 35.1 Å². The minimum absolute atomic E-state index is 0.582. The Hall–Kier alpha value is -8.22. The normalized spacial score (nSPS) is 15.1. The molecule has 0 N–H and O–H groups in total. The standard InChI is InChI=1S/C66H39N3S2/c1-3-14-40(15-4-1)65(41-16-5-2-6-17-41)47-20-8-9-23-53(47)69(55-37-57-46(36-52(55)65)42-18-7-10-25-56(42)70-57)54-24-11-19-43-44-31-33-49-60(64(44)71-63(43)54)45-30-28-38-26-27-39-29-32-48(59(45)58(38)39)66(49)50-21-12-34-67-61(50)62-51(66)22-13-35-68-62/h1-25,28-37H,26-27H2. The average molecular weight is 938 g/mol. The van der Waals surface area contributed by atoms with Crippen molar-refractivity contribution in [3.05, 3.63) is 268 Å². The lowest BCUT2D eigenvalue weighted by Crippen LogP contribution is -2.37. The lowest BCUT2D eigenvalue weighted by molar-refractivity contribution is 0.733. The van der Waals surface area contributed by atoms with E-state index in [4.69, 9.17) is 9.97 Å². The highest BCUT2D eigenvalue weighted by Crippen LogP contribution is 2.65. The highest BCUT2D eigenvalue weighted by atomic mass is 32.1. The van der Waals surface area contributed by atoms with Crippen molar-refractivity contribution in [2.45, 2.75) is 23.7 Å². The molecular formula is C66H39N3S2. The molecule has 0 saturated heterocycles. The van der Waals surface area contributed by atoms with Crippen LogP contribution in [0.25, 0.3) is 73.6 Å². The summed E-state index contributed by atoms with van der Waals surface area (Å²) >= 11 is 3.86. The van der Waals surface area contributed by atoms with E-state index >= 15 is 0 Å². The van der Waals surface area contributed by atoms with Crippen LogP contribution in [0.2, 0.25) is 0 Å². The molecule has 17 rings (SSSR count). The van der Waals surface area contributed by atoms with Crippen LogP contribution in [0.3, 0.4) is 0 Å². The Kier molecular flexibility index (Phi) is 7.48. The second kappa shape index (κ2) is 13.8. The Morgan fingerprint density at radius 2 is 1.01 bits per heavy atom. The molecule has 0 unspecified atom stereocenters. The van der Waals surface area contributed by atoms with Crippen molar-refractivity contribution in [2.75, 3.05) is 4.90 Å². The predicted molar refractivity (Wildman–Crippen MR) is 296 cm³/mol. The van der Waals surface area contributed by atoms with Crippen LogP contribution < -0.4 is 4.90 Å². The smallest absolute Gasteiger partial charge is 0.0937 e. The molecule has 0 amide bonds. The summed E-state index contributed by atoms with van der Waals surface area (Å²) in [5, 5.41) is 8.00. The molecule has 1 spiro atoms. The van der Waals surface area contributed by atoms with Crippen LogP contribution in [0.15, 0.2) is 213 Å². The molecule has 0 fully saturated rings. The van der Waals surface area contributed by atoms with Crippen LogP contribution in [0, 0.1) is 0 Å². The number of hydrogen-bond donors (Lipinski definition) is 0. The zero-order valence-corrected chi connectivity index (χ0v) is 39.9. The second-order valence-electron chi connectivity index (χ2n) is 19.8. The fraction of sp³-hybridized carbons (Fsp3) is 0.0606. The minimum atomic E-state index is -0.602. The van der Waals surface area contributed by atoms with Gasteiger partial charge in [-0.25, -0.2) is 0 Å². The van der Waals surface area contributed by atoms with Crippen LogP contribution in [0.4, 0.5) is 17.1 Å². The maximum Gasteiger partial charge on any atom is 0.0937 e. The third-order valence-electron chi connectivity index (χ3n) is 16.7. The monoisotopic (exact) mass is 937 g/mol. The Balaban J connectivity index is 1.00. The molecule has 5 heterocycles.